The van der Waals surface area contributed by atoms with Crippen LogP contribution in [0.5, 0.6) is 17.2 Å². The summed E-state index contributed by atoms with van der Waals surface area (Å²) in [7, 11) is 4.74. The van der Waals surface area contributed by atoms with Crippen LogP contribution in [-0.2, 0) is 0 Å². The third kappa shape index (κ3) is 4.55. The molecule has 0 saturated heterocycles. The Labute approximate surface area is 168 Å². The molecular formula is C21H22N4O4. The molecule has 0 radical (unpaired) electrons. The van der Waals surface area contributed by atoms with Crippen LogP contribution in [-0.4, -0.2) is 43.1 Å². The molecule has 0 aliphatic heterocycles. The first-order chi connectivity index (χ1) is 14.0. The minimum atomic E-state index is -0.392. The van der Waals surface area contributed by atoms with E-state index >= 15 is 0 Å². The van der Waals surface area contributed by atoms with Gasteiger partial charge in [-0.25, -0.2) is 5.43 Å². The fraction of sp³-hybridized carbons (Fsp3) is 0.190. The second-order valence-electron chi connectivity index (χ2n) is 6.10. The van der Waals surface area contributed by atoms with Gasteiger partial charge in [-0.3, -0.25) is 9.89 Å². The third-order valence-electron chi connectivity index (χ3n) is 4.33. The number of carbonyl (C=O) groups is 1. The molecule has 8 heteroatoms. The molecule has 0 fully saturated rings. The molecule has 0 aliphatic carbocycles. The molecule has 2 N–H and O–H groups in total. The van der Waals surface area contributed by atoms with Crippen molar-refractivity contribution in [2.45, 2.75) is 6.92 Å². The van der Waals surface area contributed by atoms with E-state index in [1.807, 2.05) is 37.3 Å². The second kappa shape index (κ2) is 8.92. The number of methoxy groups -OCH3 is 3. The van der Waals surface area contributed by atoms with Gasteiger partial charge in [0.05, 0.1) is 32.7 Å². The Morgan fingerprint density at radius 1 is 0.966 bits per heavy atom. The molecule has 1 heterocycles. The minimum absolute atomic E-state index is 0.293. The van der Waals surface area contributed by atoms with Gasteiger partial charge in [0.2, 0.25) is 0 Å². The van der Waals surface area contributed by atoms with Crippen LogP contribution in [0.25, 0.3) is 11.3 Å². The number of ether oxygens (including phenoxy) is 3. The fourth-order valence-electron chi connectivity index (χ4n) is 2.67. The summed E-state index contributed by atoms with van der Waals surface area (Å²) in [4.78, 5) is 12.4. The fourth-order valence-corrected chi connectivity index (χ4v) is 2.67. The average Bonchev–Trinajstić information content (AvgIpc) is 3.27. The van der Waals surface area contributed by atoms with Crippen molar-refractivity contribution in [2.24, 2.45) is 5.10 Å². The highest BCUT2D eigenvalue weighted by atomic mass is 16.5. The summed E-state index contributed by atoms with van der Waals surface area (Å²) in [6.45, 7) is 1.81. The predicted molar refractivity (Wildman–Crippen MR) is 110 cm³/mol. The van der Waals surface area contributed by atoms with Crippen molar-refractivity contribution in [3.63, 3.8) is 0 Å². The number of carbonyl (C=O) groups excluding carboxylic acids is 1. The molecular weight excluding hydrogens is 372 g/mol. The number of nitrogens with zero attached hydrogens (tertiary/aromatic N) is 2. The number of hydrazone groups is 1. The lowest BCUT2D eigenvalue weighted by molar-refractivity contribution is 0.0950. The maximum absolute atomic E-state index is 12.4. The Kier molecular flexibility index (Phi) is 6.13. The normalized spacial score (nSPS) is 11.1. The van der Waals surface area contributed by atoms with Crippen LogP contribution in [0, 0.1) is 0 Å². The lowest BCUT2D eigenvalue weighted by Gasteiger charge is -2.08. The average molecular weight is 394 g/mol. The van der Waals surface area contributed by atoms with Gasteiger partial charge in [0.1, 0.15) is 11.4 Å². The SMILES string of the molecule is COc1ccc(C(C)=NNC(=O)c2cc(-c3ccc(OC)c(OC)c3)n[nH]2)cc1. The van der Waals surface area contributed by atoms with Gasteiger partial charge in [-0.05, 0) is 61.0 Å². The van der Waals surface area contributed by atoms with Gasteiger partial charge >= 0.3 is 0 Å². The van der Waals surface area contributed by atoms with E-state index in [0.717, 1.165) is 16.9 Å². The van der Waals surface area contributed by atoms with Crippen LogP contribution in [0.1, 0.15) is 23.0 Å². The summed E-state index contributed by atoms with van der Waals surface area (Å²) in [5.41, 5.74) is 5.76. The number of aromatic amines is 1. The second-order valence-corrected chi connectivity index (χ2v) is 6.10. The highest BCUT2D eigenvalue weighted by molar-refractivity contribution is 6.00. The van der Waals surface area contributed by atoms with E-state index in [4.69, 9.17) is 14.2 Å². The van der Waals surface area contributed by atoms with Crippen LogP contribution in [0.15, 0.2) is 53.6 Å². The van der Waals surface area contributed by atoms with Crippen LogP contribution in [0.3, 0.4) is 0 Å². The van der Waals surface area contributed by atoms with E-state index in [-0.39, 0.29) is 0 Å². The van der Waals surface area contributed by atoms with Gasteiger partial charge in [-0.15, -0.1) is 0 Å². The molecule has 3 aromatic rings. The summed E-state index contributed by atoms with van der Waals surface area (Å²) in [5, 5.41) is 11.1. The molecule has 0 unspecified atom stereocenters. The zero-order valence-corrected chi connectivity index (χ0v) is 16.6. The van der Waals surface area contributed by atoms with E-state index in [1.54, 1.807) is 39.5 Å². The molecule has 29 heavy (non-hydrogen) atoms. The van der Waals surface area contributed by atoms with Gasteiger partial charge in [-0.1, -0.05) is 0 Å². The summed E-state index contributed by atoms with van der Waals surface area (Å²) < 4.78 is 15.7. The smallest absolute Gasteiger partial charge is 0.289 e. The number of H-pyrrole nitrogens is 1. The Morgan fingerprint density at radius 3 is 2.34 bits per heavy atom. The number of rotatable bonds is 7. The largest absolute Gasteiger partial charge is 0.497 e. The first-order valence-corrected chi connectivity index (χ1v) is 8.82. The first-order valence-electron chi connectivity index (χ1n) is 8.82. The highest BCUT2D eigenvalue weighted by Gasteiger charge is 2.13. The summed E-state index contributed by atoms with van der Waals surface area (Å²) in [5.74, 6) is 1.56. The predicted octanol–water partition coefficient (Wildman–Crippen LogP) is 3.26. The summed E-state index contributed by atoms with van der Waals surface area (Å²) in [6, 6.07) is 14.5. The van der Waals surface area contributed by atoms with Crippen LogP contribution in [0.2, 0.25) is 0 Å². The molecule has 0 aliphatic rings. The molecule has 150 valence electrons. The van der Waals surface area contributed by atoms with Crippen molar-refractivity contribution in [1.29, 1.82) is 0 Å². The zero-order chi connectivity index (χ0) is 20.8. The van der Waals surface area contributed by atoms with Crippen molar-refractivity contribution >= 4 is 11.6 Å². The van der Waals surface area contributed by atoms with Gasteiger partial charge in [0, 0.05) is 5.56 Å². The minimum Gasteiger partial charge on any atom is -0.497 e. The summed E-state index contributed by atoms with van der Waals surface area (Å²) >= 11 is 0. The van der Waals surface area contributed by atoms with Crippen molar-refractivity contribution in [1.82, 2.24) is 15.6 Å². The van der Waals surface area contributed by atoms with Gasteiger partial charge in [0.25, 0.3) is 5.91 Å². The first kappa shape index (κ1) is 19.9. The Bertz CT molecular complexity index is 1030. The van der Waals surface area contributed by atoms with E-state index in [2.05, 4.69) is 20.7 Å². The molecule has 1 aromatic heterocycles. The zero-order valence-electron chi connectivity index (χ0n) is 16.6. The van der Waals surface area contributed by atoms with Gasteiger partial charge in [0.15, 0.2) is 11.5 Å². The summed E-state index contributed by atoms with van der Waals surface area (Å²) in [6.07, 6.45) is 0. The van der Waals surface area contributed by atoms with E-state index in [9.17, 15) is 4.79 Å². The van der Waals surface area contributed by atoms with Gasteiger partial charge in [-0.2, -0.15) is 10.2 Å². The Balaban J connectivity index is 1.72. The van der Waals surface area contributed by atoms with Crippen molar-refractivity contribution in [2.75, 3.05) is 21.3 Å². The number of hydrogen-bond acceptors (Lipinski definition) is 6. The number of aromatic nitrogens is 2. The topological polar surface area (TPSA) is 97.8 Å². The van der Waals surface area contributed by atoms with Crippen molar-refractivity contribution in [3.8, 4) is 28.5 Å². The molecule has 0 spiro atoms. The molecule has 0 saturated carbocycles. The Morgan fingerprint density at radius 2 is 1.69 bits per heavy atom. The number of benzene rings is 2. The van der Waals surface area contributed by atoms with Crippen LogP contribution >= 0.6 is 0 Å². The standard InChI is InChI=1S/C21H22N4O4/c1-13(14-5-8-16(27-2)9-6-14)22-25-21(26)18-12-17(23-24-18)15-7-10-19(28-3)20(11-15)29-4/h5-12H,1-4H3,(H,23,24)(H,25,26). The molecule has 0 atom stereocenters. The van der Waals surface area contributed by atoms with E-state index < -0.39 is 5.91 Å². The monoisotopic (exact) mass is 394 g/mol. The maximum Gasteiger partial charge on any atom is 0.289 e. The van der Waals surface area contributed by atoms with Crippen molar-refractivity contribution in [3.05, 3.63) is 59.8 Å². The maximum atomic E-state index is 12.4. The highest BCUT2D eigenvalue weighted by Crippen LogP contribution is 2.31. The number of hydrogen-bond donors (Lipinski definition) is 2. The molecule has 0 bridgehead atoms. The van der Waals surface area contributed by atoms with E-state index in [1.165, 1.54) is 0 Å². The van der Waals surface area contributed by atoms with E-state index in [0.29, 0.717) is 28.6 Å². The quantitative estimate of drug-likeness (QED) is 0.473. The van der Waals surface area contributed by atoms with Crippen LogP contribution in [0.4, 0.5) is 0 Å². The Hall–Kier alpha value is -3.81. The molecule has 3 rings (SSSR count). The molecule has 1 amide bonds. The van der Waals surface area contributed by atoms with Crippen molar-refractivity contribution < 1.29 is 19.0 Å². The number of nitrogens with one attached hydrogen (secondary N) is 2. The molecule has 2 aromatic carbocycles. The third-order valence-corrected chi connectivity index (χ3v) is 4.33. The molecule has 8 nitrogen and oxygen atoms in total. The van der Waals surface area contributed by atoms with Crippen LogP contribution < -0.4 is 19.6 Å². The number of amides is 1. The lowest BCUT2D eigenvalue weighted by Crippen LogP contribution is -2.19. The lowest BCUT2D eigenvalue weighted by atomic mass is 10.1. The van der Waals surface area contributed by atoms with Gasteiger partial charge < -0.3 is 14.2 Å².